The van der Waals surface area contributed by atoms with Crippen molar-refractivity contribution in [2.24, 2.45) is 14.1 Å². The van der Waals surface area contributed by atoms with Crippen LogP contribution >= 0.6 is 0 Å². The molecule has 8 aromatic carbocycles. The molecule has 0 saturated heterocycles. The monoisotopic (exact) mass is 692 g/mol. The molecule has 4 aromatic heterocycles. The molecule has 0 aliphatic carbocycles. The molecule has 0 N–H and O–H groups in total. The Kier molecular flexibility index (Phi) is 6.65. The lowest BCUT2D eigenvalue weighted by Crippen LogP contribution is -1.94. The Hall–Kier alpha value is -7.04. The second-order valence-corrected chi connectivity index (χ2v) is 14.3. The molecule has 4 nitrogen and oxygen atoms in total. The molecule has 0 saturated carbocycles. The van der Waals surface area contributed by atoms with Gasteiger partial charge in [-0.2, -0.15) is 0 Å². The molecule has 0 fully saturated rings. The Balaban J connectivity index is 0.000000126. The smallest absolute Gasteiger partial charge is 0.0541 e. The van der Waals surface area contributed by atoms with E-state index in [4.69, 9.17) is 0 Å². The van der Waals surface area contributed by atoms with Crippen LogP contribution in [0, 0.1) is 0 Å². The van der Waals surface area contributed by atoms with E-state index in [9.17, 15) is 0 Å². The van der Waals surface area contributed by atoms with Crippen LogP contribution in [0.3, 0.4) is 0 Å². The molecule has 0 unspecified atom stereocenters. The lowest BCUT2D eigenvalue weighted by atomic mass is 10.1. The van der Waals surface area contributed by atoms with Gasteiger partial charge < -0.3 is 18.3 Å². The Bertz CT molecular complexity index is 3310. The number of nitrogens with zero attached hydrogens (tertiary/aromatic N) is 4. The number of aromatic nitrogens is 4. The van der Waals surface area contributed by atoms with Crippen LogP contribution in [0.5, 0.6) is 0 Å². The highest BCUT2D eigenvalue weighted by Crippen LogP contribution is 2.37. The normalized spacial score (nSPS) is 11.9. The average Bonchev–Trinajstić information content (AvgIpc) is 3.93. The lowest BCUT2D eigenvalue weighted by Gasteiger charge is -2.09. The Labute approximate surface area is 311 Å². The van der Waals surface area contributed by atoms with E-state index in [1.54, 1.807) is 0 Å². The van der Waals surface area contributed by atoms with Crippen LogP contribution in [0.2, 0.25) is 0 Å². The van der Waals surface area contributed by atoms with Crippen LogP contribution in [0.1, 0.15) is 0 Å². The molecular weight excluding hydrogens is 657 g/mol. The molecule has 0 amide bonds. The van der Waals surface area contributed by atoms with Gasteiger partial charge in [-0.1, -0.05) is 115 Å². The topological polar surface area (TPSA) is 19.7 Å². The van der Waals surface area contributed by atoms with Crippen molar-refractivity contribution < 1.29 is 0 Å². The fourth-order valence-corrected chi connectivity index (χ4v) is 8.98. The summed E-state index contributed by atoms with van der Waals surface area (Å²) in [5, 5.41) is 10.4. The average molecular weight is 693 g/mol. The van der Waals surface area contributed by atoms with Gasteiger partial charge in [0.15, 0.2) is 0 Å². The van der Waals surface area contributed by atoms with Gasteiger partial charge in [-0.25, -0.2) is 0 Å². The summed E-state index contributed by atoms with van der Waals surface area (Å²) >= 11 is 0. The molecular formula is C50H36N4. The van der Waals surface area contributed by atoms with Crippen molar-refractivity contribution in [3.63, 3.8) is 0 Å². The summed E-state index contributed by atoms with van der Waals surface area (Å²) in [5.74, 6) is 0. The van der Waals surface area contributed by atoms with Crippen LogP contribution in [-0.2, 0) is 14.1 Å². The first-order chi connectivity index (χ1) is 26.7. The van der Waals surface area contributed by atoms with Crippen molar-refractivity contribution >= 4 is 87.2 Å². The van der Waals surface area contributed by atoms with E-state index in [1.807, 2.05) is 0 Å². The van der Waals surface area contributed by atoms with Crippen molar-refractivity contribution in [3.05, 3.63) is 182 Å². The minimum absolute atomic E-state index is 1.20. The highest BCUT2D eigenvalue weighted by molar-refractivity contribution is 6.13. The van der Waals surface area contributed by atoms with E-state index < -0.39 is 0 Å². The number of benzene rings is 8. The first-order valence-corrected chi connectivity index (χ1v) is 18.6. The van der Waals surface area contributed by atoms with Gasteiger partial charge in [-0.15, -0.1) is 0 Å². The van der Waals surface area contributed by atoms with E-state index in [1.165, 1.54) is 98.6 Å². The quantitative estimate of drug-likeness (QED) is 0.172. The predicted octanol–water partition coefficient (Wildman–Crippen LogP) is 12.9. The summed E-state index contributed by atoms with van der Waals surface area (Å²) in [5.41, 5.74) is 12.5. The van der Waals surface area contributed by atoms with Gasteiger partial charge in [-0.3, -0.25) is 0 Å². The number of fused-ring (bicyclic) bond motifs is 12. The van der Waals surface area contributed by atoms with Crippen LogP contribution in [0.25, 0.3) is 98.6 Å². The van der Waals surface area contributed by atoms with E-state index in [0.29, 0.717) is 0 Å². The van der Waals surface area contributed by atoms with Crippen LogP contribution in [0.4, 0.5) is 0 Å². The second-order valence-electron chi connectivity index (χ2n) is 14.3. The summed E-state index contributed by atoms with van der Waals surface area (Å²) < 4.78 is 9.33. The minimum Gasteiger partial charge on any atom is -0.344 e. The fraction of sp³-hybridized carbons (Fsp3) is 0.0400. The highest BCUT2D eigenvalue weighted by Gasteiger charge is 2.16. The van der Waals surface area contributed by atoms with E-state index >= 15 is 0 Å². The highest BCUT2D eigenvalue weighted by atomic mass is 15.0. The molecule has 54 heavy (non-hydrogen) atoms. The third-order valence-electron chi connectivity index (χ3n) is 11.5. The Morgan fingerprint density at radius 1 is 0.241 bits per heavy atom. The summed E-state index contributed by atoms with van der Waals surface area (Å²) in [4.78, 5) is 0. The zero-order chi connectivity index (χ0) is 35.9. The number of aryl methyl sites for hydroxylation is 2. The van der Waals surface area contributed by atoms with Crippen molar-refractivity contribution in [2.45, 2.75) is 0 Å². The Morgan fingerprint density at radius 3 is 1.00 bits per heavy atom. The SMILES string of the molecule is Cn1c2ccccc2c2cc(-n3c4ccccc4c4ccccc43)ccc21.Cn1c2ccccc2c2ccc(-n3c4ccccc4c4ccccc43)cc21. The van der Waals surface area contributed by atoms with Gasteiger partial charge in [0.25, 0.3) is 0 Å². The molecule has 0 aliphatic rings. The number of hydrogen-bond donors (Lipinski definition) is 0. The predicted molar refractivity (Wildman–Crippen MR) is 230 cm³/mol. The third-order valence-corrected chi connectivity index (χ3v) is 11.5. The first-order valence-electron chi connectivity index (χ1n) is 18.6. The van der Waals surface area contributed by atoms with Crippen molar-refractivity contribution in [3.8, 4) is 11.4 Å². The fourth-order valence-electron chi connectivity index (χ4n) is 8.98. The van der Waals surface area contributed by atoms with E-state index in [2.05, 4.69) is 214 Å². The molecule has 256 valence electrons. The van der Waals surface area contributed by atoms with Gasteiger partial charge >= 0.3 is 0 Å². The molecule has 0 bridgehead atoms. The molecule has 4 heterocycles. The number of para-hydroxylation sites is 6. The maximum atomic E-state index is 2.38. The molecule has 0 atom stereocenters. The van der Waals surface area contributed by atoms with Gasteiger partial charge in [0, 0.05) is 85.1 Å². The van der Waals surface area contributed by atoms with Crippen LogP contribution in [0.15, 0.2) is 182 Å². The maximum Gasteiger partial charge on any atom is 0.0541 e. The molecule has 12 rings (SSSR count). The second kappa shape index (κ2) is 11.7. The van der Waals surface area contributed by atoms with E-state index in [-0.39, 0.29) is 0 Å². The van der Waals surface area contributed by atoms with Gasteiger partial charge in [0.2, 0.25) is 0 Å². The zero-order valence-corrected chi connectivity index (χ0v) is 30.1. The number of rotatable bonds is 2. The minimum atomic E-state index is 1.20. The third kappa shape index (κ3) is 4.37. The summed E-state index contributed by atoms with van der Waals surface area (Å²) in [6.07, 6.45) is 0. The Morgan fingerprint density at radius 2 is 0.537 bits per heavy atom. The van der Waals surface area contributed by atoms with Crippen molar-refractivity contribution in [1.29, 1.82) is 0 Å². The van der Waals surface area contributed by atoms with Crippen LogP contribution < -0.4 is 0 Å². The molecule has 0 radical (unpaired) electrons. The first kappa shape index (κ1) is 30.6. The summed E-state index contributed by atoms with van der Waals surface area (Å²) in [6.45, 7) is 0. The van der Waals surface area contributed by atoms with Crippen LogP contribution in [-0.4, -0.2) is 18.3 Å². The summed E-state index contributed by atoms with van der Waals surface area (Å²) in [6, 6.07) is 65.5. The maximum absolute atomic E-state index is 2.38. The molecule has 12 aromatic rings. The van der Waals surface area contributed by atoms with Gasteiger partial charge in [-0.05, 0) is 66.7 Å². The van der Waals surface area contributed by atoms with E-state index in [0.717, 1.165) is 0 Å². The largest absolute Gasteiger partial charge is 0.344 e. The van der Waals surface area contributed by atoms with Gasteiger partial charge in [0.05, 0.1) is 27.6 Å². The van der Waals surface area contributed by atoms with Crippen molar-refractivity contribution in [1.82, 2.24) is 18.3 Å². The zero-order valence-electron chi connectivity index (χ0n) is 30.1. The lowest BCUT2D eigenvalue weighted by molar-refractivity contribution is 1.01. The van der Waals surface area contributed by atoms with Crippen molar-refractivity contribution in [2.75, 3.05) is 0 Å². The standard InChI is InChI=1S/2C25H18N2/c1-26-22-11-5-2-10-20(22)21-16-17(14-15-23(21)26)27-24-12-6-3-8-18(24)19-9-4-7-13-25(19)27;1-26-22-11-5-2-8-18(22)21-15-14-17(16-25(21)26)27-23-12-6-3-9-19(23)20-10-4-7-13-24(20)27/h2*2-16H,1H3. The molecule has 4 heteroatoms. The number of hydrogen-bond acceptors (Lipinski definition) is 0. The molecule has 0 spiro atoms. The summed E-state index contributed by atoms with van der Waals surface area (Å²) in [7, 11) is 4.30. The molecule has 0 aliphatic heterocycles. The van der Waals surface area contributed by atoms with Gasteiger partial charge in [0.1, 0.15) is 0 Å².